The molecule has 3 N–H and O–H groups in total. The maximum atomic E-state index is 11.5. The van der Waals surface area contributed by atoms with Gasteiger partial charge in [0, 0.05) is 11.9 Å². The van der Waals surface area contributed by atoms with Gasteiger partial charge in [-0.05, 0) is 18.2 Å². The first-order valence-electron chi connectivity index (χ1n) is 4.85. The van der Waals surface area contributed by atoms with E-state index in [-0.39, 0.29) is 6.03 Å². The number of hydrogen-bond donors (Lipinski definition) is 3. The molecule has 6 nitrogen and oxygen atoms in total. The van der Waals surface area contributed by atoms with Crippen molar-refractivity contribution in [2.45, 2.75) is 0 Å². The molecule has 1 aromatic carbocycles. The maximum Gasteiger partial charge on any atom is 0.323 e. The van der Waals surface area contributed by atoms with Crippen LogP contribution in [0.4, 0.5) is 16.2 Å². The van der Waals surface area contributed by atoms with Crippen molar-refractivity contribution < 1.29 is 4.79 Å². The van der Waals surface area contributed by atoms with E-state index < -0.39 is 0 Å². The molecule has 0 aliphatic rings. The van der Waals surface area contributed by atoms with Crippen LogP contribution in [0, 0.1) is 11.3 Å². The molecule has 0 aliphatic carbocycles. The van der Waals surface area contributed by atoms with E-state index in [0.717, 1.165) is 0 Å². The Balaban J connectivity index is 2.01. The molecule has 17 heavy (non-hydrogen) atoms. The summed E-state index contributed by atoms with van der Waals surface area (Å²) in [6.45, 7) is 0. The topological polar surface area (TPSA) is 93.6 Å². The van der Waals surface area contributed by atoms with E-state index in [9.17, 15) is 4.79 Å². The summed E-state index contributed by atoms with van der Waals surface area (Å²) in [6, 6.07) is 8.27. The normalized spacial score (nSPS) is 9.35. The first-order chi connectivity index (χ1) is 8.28. The van der Waals surface area contributed by atoms with E-state index >= 15 is 0 Å². The number of urea groups is 1. The first-order valence-corrected chi connectivity index (χ1v) is 4.85. The fraction of sp³-hybridized carbons (Fsp3) is 0. The third-order valence-electron chi connectivity index (χ3n) is 2.01. The maximum absolute atomic E-state index is 11.5. The zero-order chi connectivity index (χ0) is 12.1. The Bertz CT molecular complexity index is 555. The number of nitrogens with one attached hydrogen (secondary N) is 3. The van der Waals surface area contributed by atoms with Crippen LogP contribution in [0.2, 0.25) is 0 Å². The largest absolute Gasteiger partial charge is 0.323 e. The van der Waals surface area contributed by atoms with E-state index in [1.807, 2.05) is 6.07 Å². The number of aromatic nitrogens is 2. The zero-order valence-electron chi connectivity index (χ0n) is 8.77. The number of carbonyl (C=O) groups is 1. The average molecular weight is 227 g/mol. The summed E-state index contributed by atoms with van der Waals surface area (Å²) in [5, 5.41) is 20.2. The molecule has 2 amide bonds. The molecule has 0 bridgehead atoms. The number of amides is 2. The molecular formula is C11H9N5O. The van der Waals surface area contributed by atoms with E-state index in [4.69, 9.17) is 5.26 Å². The van der Waals surface area contributed by atoms with Gasteiger partial charge in [0.15, 0.2) is 0 Å². The lowest BCUT2D eigenvalue weighted by molar-refractivity contribution is 0.262. The number of rotatable bonds is 2. The number of benzene rings is 1. The highest BCUT2D eigenvalue weighted by Gasteiger charge is 2.03. The first kappa shape index (κ1) is 10.7. The fourth-order valence-electron chi connectivity index (χ4n) is 1.28. The van der Waals surface area contributed by atoms with Gasteiger partial charge in [-0.2, -0.15) is 10.4 Å². The van der Waals surface area contributed by atoms with Crippen molar-refractivity contribution >= 4 is 17.4 Å². The minimum Gasteiger partial charge on any atom is -0.308 e. The third kappa shape index (κ3) is 2.82. The van der Waals surface area contributed by atoms with E-state index in [1.54, 1.807) is 30.5 Å². The van der Waals surface area contributed by atoms with Crippen molar-refractivity contribution in [3.8, 4) is 6.07 Å². The van der Waals surface area contributed by atoms with Gasteiger partial charge in [0.25, 0.3) is 0 Å². The number of nitriles is 1. The van der Waals surface area contributed by atoms with Crippen LogP contribution in [0.3, 0.4) is 0 Å². The van der Waals surface area contributed by atoms with Crippen LogP contribution in [0.5, 0.6) is 0 Å². The molecule has 0 unspecified atom stereocenters. The molecule has 0 spiro atoms. The van der Waals surface area contributed by atoms with Crippen molar-refractivity contribution in [1.82, 2.24) is 10.2 Å². The summed E-state index contributed by atoms with van der Waals surface area (Å²) >= 11 is 0. The van der Waals surface area contributed by atoms with E-state index in [0.29, 0.717) is 16.9 Å². The zero-order valence-corrected chi connectivity index (χ0v) is 8.77. The van der Waals surface area contributed by atoms with Crippen molar-refractivity contribution in [2.75, 3.05) is 10.6 Å². The van der Waals surface area contributed by atoms with Crippen molar-refractivity contribution in [3.63, 3.8) is 0 Å². The Labute approximate surface area is 97.3 Å². The fourth-order valence-corrected chi connectivity index (χ4v) is 1.28. The Morgan fingerprint density at radius 1 is 1.35 bits per heavy atom. The number of H-pyrrole nitrogens is 1. The molecule has 0 atom stereocenters. The van der Waals surface area contributed by atoms with Gasteiger partial charge in [0.2, 0.25) is 0 Å². The number of nitrogens with zero attached hydrogens (tertiary/aromatic N) is 2. The van der Waals surface area contributed by atoms with Crippen molar-refractivity contribution in [1.29, 1.82) is 5.26 Å². The summed E-state index contributed by atoms with van der Waals surface area (Å²) < 4.78 is 0. The molecule has 6 heteroatoms. The van der Waals surface area contributed by atoms with Crippen molar-refractivity contribution in [3.05, 3.63) is 42.2 Å². The second kappa shape index (κ2) is 4.81. The van der Waals surface area contributed by atoms with Gasteiger partial charge >= 0.3 is 6.03 Å². The van der Waals surface area contributed by atoms with Gasteiger partial charge in [0.1, 0.15) is 0 Å². The predicted molar refractivity (Wildman–Crippen MR) is 62.4 cm³/mol. The molecular weight excluding hydrogens is 218 g/mol. The molecule has 0 fully saturated rings. The molecule has 2 aromatic rings. The minimum absolute atomic E-state index is 0.388. The van der Waals surface area contributed by atoms with E-state index in [1.165, 1.54) is 6.20 Å². The average Bonchev–Trinajstić information content (AvgIpc) is 2.82. The number of anilines is 2. The van der Waals surface area contributed by atoms with Gasteiger partial charge in [-0.15, -0.1) is 0 Å². The number of hydrogen-bond acceptors (Lipinski definition) is 3. The van der Waals surface area contributed by atoms with Crippen molar-refractivity contribution in [2.24, 2.45) is 0 Å². The predicted octanol–water partition coefficient (Wildman–Crippen LogP) is 1.93. The minimum atomic E-state index is -0.388. The summed E-state index contributed by atoms with van der Waals surface area (Å²) in [5.74, 6) is 0. The molecule has 84 valence electrons. The third-order valence-corrected chi connectivity index (χ3v) is 2.01. The number of aromatic amines is 1. The quantitative estimate of drug-likeness (QED) is 0.731. The van der Waals surface area contributed by atoms with Crippen LogP contribution in [-0.2, 0) is 0 Å². The Kier molecular flexibility index (Phi) is 3.03. The second-order valence-electron chi connectivity index (χ2n) is 3.26. The molecule has 2 rings (SSSR count). The summed E-state index contributed by atoms with van der Waals surface area (Å²) in [4.78, 5) is 11.5. The van der Waals surface area contributed by atoms with Gasteiger partial charge in [0.05, 0.1) is 23.5 Å². The highest BCUT2D eigenvalue weighted by Crippen LogP contribution is 2.10. The molecule has 1 aromatic heterocycles. The summed E-state index contributed by atoms with van der Waals surface area (Å²) in [7, 11) is 0. The Morgan fingerprint density at radius 3 is 2.88 bits per heavy atom. The smallest absolute Gasteiger partial charge is 0.308 e. The van der Waals surface area contributed by atoms with Crippen LogP contribution in [0.15, 0.2) is 36.7 Å². The Hall–Kier alpha value is -2.81. The lowest BCUT2D eigenvalue weighted by Gasteiger charge is -2.05. The highest BCUT2D eigenvalue weighted by atomic mass is 16.2. The molecule has 0 aliphatic heterocycles. The Morgan fingerprint density at radius 2 is 2.18 bits per heavy atom. The lowest BCUT2D eigenvalue weighted by Crippen LogP contribution is -2.19. The summed E-state index contributed by atoms with van der Waals surface area (Å²) in [5.41, 5.74) is 1.62. The van der Waals surface area contributed by atoms with Gasteiger partial charge in [-0.3, -0.25) is 5.10 Å². The van der Waals surface area contributed by atoms with E-state index in [2.05, 4.69) is 20.8 Å². The molecule has 0 saturated heterocycles. The standard InChI is InChI=1S/C11H9N5O/c12-5-8-2-1-3-9(4-8)15-11(17)16-10-6-13-14-7-10/h1-4,6-7H,(H,13,14)(H2,15,16,17). The van der Waals surface area contributed by atoms with Gasteiger partial charge in [-0.1, -0.05) is 6.07 Å². The molecule has 0 saturated carbocycles. The van der Waals surface area contributed by atoms with Crippen LogP contribution in [-0.4, -0.2) is 16.2 Å². The lowest BCUT2D eigenvalue weighted by atomic mass is 10.2. The van der Waals surface area contributed by atoms with Gasteiger partial charge in [-0.25, -0.2) is 4.79 Å². The second-order valence-corrected chi connectivity index (χ2v) is 3.26. The van der Waals surface area contributed by atoms with Crippen LogP contribution < -0.4 is 10.6 Å². The van der Waals surface area contributed by atoms with Crippen LogP contribution >= 0.6 is 0 Å². The van der Waals surface area contributed by atoms with Gasteiger partial charge < -0.3 is 10.6 Å². The molecule has 0 radical (unpaired) electrons. The summed E-state index contributed by atoms with van der Waals surface area (Å²) in [6.07, 6.45) is 3.05. The van der Waals surface area contributed by atoms with Crippen LogP contribution in [0.25, 0.3) is 0 Å². The monoisotopic (exact) mass is 227 g/mol. The van der Waals surface area contributed by atoms with Crippen LogP contribution in [0.1, 0.15) is 5.56 Å². The highest BCUT2D eigenvalue weighted by molar-refractivity contribution is 5.99. The number of carbonyl (C=O) groups excluding carboxylic acids is 1. The SMILES string of the molecule is N#Cc1cccc(NC(=O)Nc2cn[nH]c2)c1. The molecule has 1 heterocycles.